The molecule has 1 unspecified atom stereocenters. The molecule has 0 aliphatic rings. The lowest BCUT2D eigenvalue weighted by Gasteiger charge is -2.18. The van der Waals surface area contributed by atoms with Crippen LogP contribution in [-0.2, 0) is 0 Å². The predicted molar refractivity (Wildman–Crippen MR) is 90.7 cm³/mol. The molecule has 2 nitrogen and oxygen atoms in total. The number of nitrogens with one attached hydrogen (secondary N) is 1. The van der Waals surface area contributed by atoms with E-state index in [9.17, 15) is 0 Å². The molecule has 1 atom stereocenters. The fourth-order valence-electron chi connectivity index (χ4n) is 1.64. The van der Waals surface area contributed by atoms with Gasteiger partial charge in [-0.05, 0) is 52.9 Å². The van der Waals surface area contributed by atoms with E-state index in [1.807, 2.05) is 30.0 Å². The summed E-state index contributed by atoms with van der Waals surface area (Å²) < 4.78 is 0.940. The van der Waals surface area contributed by atoms with Gasteiger partial charge in [-0.2, -0.15) is 11.8 Å². The lowest BCUT2D eigenvalue weighted by Crippen LogP contribution is -2.20. The van der Waals surface area contributed by atoms with Crippen molar-refractivity contribution >= 4 is 50.6 Å². The molecular weight excluding hydrogens is 328 g/mol. The van der Waals surface area contributed by atoms with Gasteiger partial charge in [-0.3, -0.25) is 0 Å². The van der Waals surface area contributed by atoms with E-state index in [0.29, 0.717) is 11.0 Å². The van der Waals surface area contributed by atoms with Crippen molar-refractivity contribution in [1.29, 1.82) is 0 Å². The fraction of sp³-hybridized carbons (Fsp3) is 0.462. The summed E-state index contributed by atoms with van der Waals surface area (Å²) in [7, 11) is 0. The van der Waals surface area contributed by atoms with E-state index in [1.54, 1.807) is 0 Å². The third-order valence-electron chi connectivity index (χ3n) is 2.56. The molecule has 0 aliphatic carbocycles. The molecule has 18 heavy (non-hydrogen) atoms. The van der Waals surface area contributed by atoms with E-state index in [2.05, 4.69) is 35.1 Å². The number of rotatable bonds is 7. The molecule has 5 heteroatoms. The van der Waals surface area contributed by atoms with E-state index in [-0.39, 0.29) is 0 Å². The van der Waals surface area contributed by atoms with Gasteiger partial charge in [-0.1, -0.05) is 25.2 Å². The number of hydrogen-bond donors (Lipinski definition) is 2. The third-order valence-corrected chi connectivity index (χ3v) is 4.36. The Kier molecular flexibility index (Phi) is 7.04. The highest BCUT2D eigenvalue weighted by Gasteiger charge is 2.11. The van der Waals surface area contributed by atoms with E-state index in [4.69, 9.17) is 18.0 Å². The number of anilines is 1. The summed E-state index contributed by atoms with van der Waals surface area (Å²) in [5, 5.41) is 3.48. The average molecular weight is 347 g/mol. The smallest absolute Gasteiger partial charge is 0.107 e. The molecule has 0 heterocycles. The third kappa shape index (κ3) is 4.78. The number of thiocarbonyl (C=S) groups is 1. The second kappa shape index (κ2) is 8.02. The lowest BCUT2D eigenvalue weighted by atomic mass is 10.1. The zero-order valence-corrected chi connectivity index (χ0v) is 13.9. The van der Waals surface area contributed by atoms with Crippen LogP contribution >= 0.6 is 39.9 Å². The standard InChI is InChI=1S/C13H19BrN2S2/c1-3-18-8-7-9(2)16-11-6-4-5-10(14)12(11)13(15)17/h4-6,9,16H,3,7-8H2,1-2H3,(H2,15,17). The first-order chi connectivity index (χ1) is 8.56. The Bertz CT molecular complexity index is 410. The van der Waals surface area contributed by atoms with E-state index in [1.165, 1.54) is 11.5 Å². The van der Waals surface area contributed by atoms with Crippen LogP contribution in [0.1, 0.15) is 25.8 Å². The van der Waals surface area contributed by atoms with Crippen LogP contribution in [0.4, 0.5) is 5.69 Å². The highest BCUT2D eigenvalue weighted by molar-refractivity contribution is 9.10. The highest BCUT2D eigenvalue weighted by Crippen LogP contribution is 2.25. The molecule has 0 fully saturated rings. The quantitative estimate of drug-likeness (QED) is 0.577. The molecule has 0 spiro atoms. The normalized spacial score (nSPS) is 12.2. The van der Waals surface area contributed by atoms with Gasteiger partial charge < -0.3 is 11.1 Å². The minimum atomic E-state index is 0.409. The molecule has 0 amide bonds. The lowest BCUT2D eigenvalue weighted by molar-refractivity contribution is 0.771. The summed E-state index contributed by atoms with van der Waals surface area (Å²) >= 11 is 10.6. The fourth-order valence-corrected chi connectivity index (χ4v) is 3.38. The second-order valence-electron chi connectivity index (χ2n) is 4.06. The summed E-state index contributed by atoms with van der Waals surface area (Å²) in [4.78, 5) is 0.417. The molecule has 1 aromatic carbocycles. The Hall–Kier alpha value is -0.260. The van der Waals surface area contributed by atoms with Gasteiger partial charge >= 0.3 is 0 Å². The molecule has 0 saturated carbocycles. The minimum Gasteiger partial charge on any atom is -0.389 e. The maximum absolute atomic E-state index is 5.77. The Balaban J connectivity index is 2.72. The van der Waals surface area contributed by atoms with Crippen LogP contribution < -0.4 is 11.1 Å². The number of halogens is 1. The largest absolute Gasteiger partial charge is 0.389 e. The summed E-state index contributed by atoms with van der Waals surface area (Å²) in [6, 6.07) is 6.37. The monoisotopic (exact) mass is 346 g/mol. The predicted octanol–water partition coefficient (Wildman–Crippen LogP) is 4.03. The van der Waals surface area contributed by atoms with Gasteiger partial charge in [0.2, 0.25) is 0 Å². The van der Waals surface area contributed by atoms with Gasteiger partial charge in [0.05, 0.1) is 0 Å². The first kappa shape index (κ1) is 15.8. The molecule has 1 rings (SSSR count). The minimum absolute atomic E-state index is 0.409. The van der Waals surface area contributed by atoms with Gasteiger partial charge in [0, 0.05) is 21.8 Å². The number of nitrogens with two attached hydrogens (primary N) is 1. The Morgan fingerprint density at radius 1 is 1.56 bits per heavy atom. The van der Waals surface area contributed by atoms with Crippen molar-refractivity contribution < 1.29 is 0 Å². The first-order valence-corrected chi connectivity index (χ1v) is 8.34. The zero-order valence-electron chi connectivity index (χ0n) is 10.7. The van der Waals surface area contributed by atoms with E-state index in [0.717, 1.165) is 22.1 Å². The van der Waals surface area contributed by atoms with Crippen molar-refractivity contribution in [3.05, 3.63) is 28.2 Å². The topological polar surface area (TPSA) is 38.0 Å². The van der Waals surface area contributed by atoms with Gasteiger partial charge in [0.25, 0.3) is 0 Å². The molecule has 0 saturated heterocycles. The van der Waals surface area contributed by atoms with Crippen LogP contribution in [0, 0.1) is 0 Å². The molecule has 0 aromatic heterocycles. The zero-order chi connectivity index (χ0) is 13.5. The van der Waals surface area contributed by atoms with Crippen molar-refractivity contribution in [2.45, 2.75) is 26.3 Å². The summed E-state index contributed by atoms with van der Waals surface area (Å²) in [6.07, 6.45) is 1.13. The summed E-state index contributed by atoms with van der Waals surface area (Å²) in [5.74, 6) is 2.34. The van der Waals surface area contributed by atoms with Crippen molar-refractivity contribution in [2.24, 2.45) is 5.73 Å². The van der Waals surface area contributed by atoms with Crippen LogP contribution in [0.5, 0.6) is 0 Å². The average Bonchev–Trinajstić information content (AvgIpc) is 2.28. The van der Waals surface area contributed by atoms with Crippen LogP contribution in [0.25, 0.3) is 0 Å². The van der Waals surface area contributed by atoms with Crippen LogP contribution in [0.2, 0.25) is 0 Å². The van der Waals surface area contributed by atoms with Crippen molar-refractivity contribution in [3.63, 3.8) is 0 Å². The van der Waals surface area contributed by atoms with Crippen molar-refractivity contribution in [1.82, 2.24) is 0 Å². The Labute approximate surface area is 127 Å². The van der Waals surface area contributed by atoms with Crippen LogP contribution in [-0.4, -0.2) is 22.5 Å². The molecule has 0 radical (unpaired) electrons. The molecule has 3 N–H and O–H groups in total. The van der Waals surface area contributed by atoms with Gasteiger partial charge in [-0.15, -0.1) is 0 Å². The molecule has 1 aromatic rings. The van der Waals surface area contributed by atoms with Crippen LogP contribution in [0.3, 0.4) is 0 Å². The van der Waals surface area contributed by atoms with Crippen molar-refractivity contribution in [3.8, 4) is 0 Å². The number of thioether (sulfide) groups is 1. The molecule has 0 aliphatic heterocycles. The molecular formula is C13H19BrN2S2. The Morgan fingerprint density at radius 2 is 2.28 bits per heavy atom. The van der Waals surface area contributed by atoms with E-state index < -0.39 is 0 Å². The first-order valence-electron chi connectivity index (χ1n) is 5.98. The van der Waals surface area contributed by atoms with Gasteiger partial charge in [-0.25, -0.2) is 0 Å². The number of hydrogen-bond acceptors (Lipinski definition) is 3. The van der Waals surface area contributed by atoms with Gasteiger partial charge in [0.15, 0.2) is 0 Å². The van der Waals surface area contributed by atoms with E-state index >= 15 is 0 Å². The maximum atomic E-state index is 5.77. The maximum Gasteiger partial charge on any atom is 0.107 e. The van der Waals surface area contributed by atoms with Gasteiger partial charge in [0.1, 0.15) is 4.99 Å². The van der Waals surface area contributed by atoms with Crippen LogP contribution in [0.15, 0.2) is 22.7 Å². The SMILES string of the molecule is CCSCCC(C)Nc1cccc(Br)c1C(N)=S. The second-order valence-corrected chi connectivity index (χ2v) is 6.75. The number of benzene rings is 1. The summed E-state index contributed by atoms with van der Waals surface area (Å²) in [6.45, 7) is 4.36. The highest BCUT2D eigenvalue weighted by atomic mass is 79.9. The molecule has 0 bridgehead atoms. The van der Waals surface area contributed by atoms with Crippen molar-refractivity contribution in [2.75, 3.05) is 16.8 Å². The molecule has 100 valence electrons. The Morgan fingerprint density at radius 3 is 2.89 bits per heavy atom. The summed E-state index contributed by atoms with van der Waals surface area (Å²) in [5.41, 5.74) is 7.67.